The Hall–Kier alpha value is -3.59. The molecule has 1 aromatic rings. The highest BCUT2D eigenvalue weighted by Gasteiger charge is 2.43. The van der Waals surface area contributed by atoms with Gasteiger partial charge in [0.1, 0.15) is 12.1 Å². The van der Waals surface area contributed by atoms with Gasteiger partial charge in [-0.05, 0) is 83.2 Å². The first kappa shape index (κ1) is 52.5. The SMILES string of the molecule is CC[C@H](C)[C@@H]([C@@H](CC(=O)N1CCC[C@H]1[C@H](OC)[C@@H](C)C(=O)N[C@@H](Cc1ccccc1)C(=O)OC)OC)N(C)C(=O)[C@@H](NC(=O)[C@H](C(C)C)N(C)CCCCN(C)C)C(C)C. The number of nitrogens with zero attached hydrogens (tertiary/aromatic N) is 4. The highest BCUT2D eigenvalue weighted by Crippen LogP contribution is 2.30. The summed E-state index contributed by atoms with van der Waals surface area (Å²) in [5, 5.41) is 6.00. The van der Waals surface area contributed by atoms with Crippen LogP contribution in [0.15, 0.2) is 30.3 Å². The Bertz CT molecular complexity index is 1480. The number of likely N-dealkylation sites (N-methyl/N-ethyl adjacent to an activating group) is 2. The van der Waals surface area contributed by atoms with Crippen LogP contribution in [0.25, 0.3) is 0 Å². The van der Waals surface area contributed by atoms with Crippen LogP contribution in [0, 0.1) is 23.7 Å². The molecule has 0 saturated carbocycles. The van der Waals surface area contributed by atoms with Crippen LogP contribution in [0.4, 0.5) is 0 Å². The minimum absolute atomic E-state index is 0.00484. The van der Waals surface area contributed by atoms with Crippen LogP contribution < -0.4 is 10.6 Å². The molecule has 0 aliphatic carbocycles. The molecule has 0 radical (unpaired) electrons. The second kappa shape index (κ2) is 26.0. The van der Waals surface area contributed by atoms with Crippen molar-refractivity contribution >= 4 is 29.6 Å². The number of nitrogens with one attached hydrogen (secondary N) is 2. The normalized spacial score (nSPS) is 18.4. The van der Waals surface area contributed by atoms with E-state index < -0.39 is 54.3 Å². The fourth-order valence-corrected chi connectivity index (χ4v) is 8.71. The number of rotatable bonds is 26. The maximum Gasteiger partial charge on any atom is 0.328 e. The van der Waals surface area contributed by atoms with Crippen molar-refractivity contribution in [3.05, 3.63) is 35.9 Å². The van der Waals surface area contributed by atoms with E-state index in [9.17, 15) is 24.0 Å². The zero-order valence-corrected chi connectivity index (χ0v) is 39.4. The number of hydrogen-bond donors (Lipinski definition) is 2. The first-order valence-electron chi connectivity index (χ1n) is 22.0. The number of hydrogen-bond acceptors (Lipinski definition) is 10. The topological polar surface area (TPSA) is 150 Å². The number of ether oxygens (including phenoxy) is 3. The summed E-state index contributed by atoms with van der Waals surface area (Å²) in [6, 6.07) is 6.45. The molecule has 4 amide bonds. The Labute approximate surface area is 361 Å². The highest BCUT2D eigenvalue weighted by atomic mass is 16.5. The largest absolute Gasteiger partial charge is 0.467 e. The molecule has 1 aliphatic heterocycles. The van der Waals surface area contributed by atoms with Gasteiger partial charge >= 0.3 is 5.97 Å². The number of likely N-dealkylation sites (tertiary alicyclic amines) is 1. The van der Waals surface area contributed by atoms with Crippen molar-refractivity contribution < 1.29 is 38.2 Å². The Morgan fingerprint density at radius 3 is 2.00 bits per heavy atom. The lowest BCUT2D eigenvalue weighted by atomic mass is 9.89. The van der Waals surface area contributed by atoms with Crippen LogP contribution in [-0.4, -0.2) is 161 Å². The number of benzene rings is 1. The zero-order valence-electron chi connectivity index (χ0n) is 39.4. The van der Waals surface area contributed by atoms with Gasteiger partial charge in [0.25, 0.3) is 0 Å². The highest BCUT2D eigenvalue weighted by molar-refractivity contribution is 5.90. The average molecular weight is 845 g/mol. The van der Waals surface area contributed by atoms with Crippen LogP contribution in [-0.2, 0) is 44.6 Å². The molecule has 14 nitrogen and oxygen atoms in total. The van der Waals surface area contributed by atoms with Gasteiger partial charge in [0.05, 0.1) is 49.8 Å². The number of methoxy groups -OCH3 is 3. The lowest BCUT2D eigenvalue weighted by Crippen LogP contribution is -2.60. The van der Waals surface area contributed by atoms with Crippen LogP contribution in [0.5, 0.6) is 0 Å². The van der Waals surface area contributed by atoms with E-state index in [1.165, 1.54) is 14.2 Å². The summed E-state index contributed by atoms with van der Waals surface area (Å²) in [4.78, 5) is 76.9. The van der Waals surface area contributed by atoms with Crippen molar-refractivity contribution in [1.82, 2.24) is 30.2 Å². The Kier molecular flexibility index (Phi) is 22.8. The standard InChI is InChI=1S/C46H80N6O8/c1-15-32(6)41(51(11)45(56)39(30(2)3)48-44(55)40(31(4)5)50(10)26-20-19-25-49(8)9)37(58-12)29-38(53)52-27-21-24-36(52)42(59-13)33(7)43(54)47-35(46(57)60-14)28-34-22-17-16-18-23-34/h16-18,22-23,30-33,35-37,39-42H,15,19-21,24-29H2,1-14H3,(H,47,54)(H,48,55)/t32-,33+,35-,36-,37+,39-,40-,41-,42+/m0/s1. The maximum atomic E-state index is 14.5. The van der Waals surface area contributed by atoms with Crippen LogP contribution in [0.2, 0.25) is 0 Å². The predicted octanol–water partition coefficient (Wildman–Crippen LogP) is 4.25. The van der Waals surface area contributed by atoms with Gasteiger partial charge in [-0.15, -0.1) is 0 Å². The molecule has 0 aromatic heterocycles. The van der Waals surface area contributed by atoms with E-state index in [0.717, 1.165) is 44.3 Å². The van der Waals surface area contributed by atoms with Crippen LogP contribution in [0.1, 0.15) is 92.6 Å². The summed E-state index contributed by atoms with van der Waals surface area (Å²) in [5.74, 6) is -2.40. The fraction of sp³-hybridized carbons (Fsp3) is 0.761. The van der Waals surface area contributed by atoms with E-state index in [-0.39, 0.29) is 54.2 Å². The zero-order chi connectivity index (χ0) is 45.3. The summed E-state index contributed by atoms with van der Waals surface area (Å²) in [6.07, 6.45) is 3.05. The molecule has 1 aromatic carbocycles. The molecular formula is C46H80N6O8. The predicted molar refractivity (Wildman–Crippen MR) is 236 cm³/mol. The third-order valence-electron chi connectivity index (χ3n) is 12.3. The van der Waals surface area contributed by atoms with E-state index in [1.54, 1.807) is 30.9 Å². The van der Waals surface area contributed by atoms with Crippen molar-refractivity contribution in [3.63, 3.8) is 0 Å². The molecule has 0 bridgehead atoms. The van der Waals surface area contributed by atoms with E-state index in [2.05, 4.69) is 34.5 Å². The quantitative estimate of drug-likeness (QED) is 0.103. The summed E-state index contributed by atoms with van der Waals surface area (Å²) >= 11 is 0. The van der Waals surface area contributed by atoms with Gasteiger partial charge in [0, 0.05) is 34.2 Å². The van der Waals surface area contributed by atoms with Crippen molar-refractivity contribution in [2.45, 2.75) is 136 Å². The summed E-state index contributed by atoms with van der Waals surface area (Å²) in [7, 11) is 12.2. The van der Waals surface area contributed by atoms with E-state index in [4.69, 9.17) is 14.2 Å². The summed E-state index contributed by atoms with van der Waals surface area (Å²) in [6.45, 7) is 16.0. The van der Waals surface area contributed by atoms with E-state index in [0.29, 0.717) is 13.0 Å². The van der Waals surface area contributed by atoms with Crippen molar-refractivity contribution in [2.24, 2.45) is 23.7 Å². The summed E-state index contributed by atoms with van der Waals surface area (Å²) in [5.41, 5.74) is 0.877. The molecular weight excluding hydrogens is 765 g/mol. The first-order valence-corrected chi connectivity index (χ1v) is 22.0. The van der Waals surface area contributed by atoms with E-state index in [1.807, 2.05) is 78.9 Å². The molecule has 0 unspecified atom stereocenters. The number of esters is 1. The fourth-order valence-electron chi connectivity index (χ4n) is 8.71. The molecule has 60 heavy (non-hydrogen) atoms. The van der Waals surface area contributed by atoms with E-state index >= 15 is 0 Å². The molecule has 1 heterocycles. The molecule has 9 atom stereocenters. The molecule has 1 fully saturated rings. The third kappa shape index (κ3) is 15.1. The second-order valence-corrected chi connectivity index (χ2v) is 17.8. The Balaban J connectivity index is 2.27. The van der Waals surface area contributed by atoms with Crippen molar-refractivity contribution in [2.75, 3.05) is 69.2 Å². The number of carbonyl (C=O) groups excluding carboxylic acids is 5. The molecule has 2 rings (SSSR count). The van der Waals surface area contributed by atoms with Gasteiger partial charge in [0.2, 0.25) is 23.6 Å². The first-order chi connectivity index (χ1) is 28.3. The van der Waals surface area contributed by atoms with Crippen molar-refractivity contribution in [1.29, 1.82) is 0 Å². The number of amides is 4. The van der Waals surface area contributed by atoms with Gasteiger partial charge in [-0.1, -0.05) is 85.2 Å². The minimum Gasteiger partial charge on any atom is -0.467 e. The lowest BCUT2D eigenvalue weighted by molar-refractivity contribution is -0.149. The Morgan fingerprint density at radius 1 is 0.833 bits per heavy atom. The second-order valence-electron chi connectivity index (χ2n) is 17.8. The molecule has 1 saturated heterocycles. The molecule has 2 N–H and O–H groups in total. The van der Waals surface area contributed by atoms with Gasteiger partial charge in [-0.2, -0.15) is 0 Å². The minimum atomic E-state index is -0.893. The molecule has 342 valence electrons. The van der Waals surface area contributed by atoms with Crippen molar-refractivity contribution in [3.8, 4) is 0 Å². The average Bonchev–Trinajstić information content (AvgIpc) is 3.70. The lowest BCUT2D eigenvalue weighted by Gasteiger charge is -2.41. The maximum absolute atomic E-state index is 14.5. The number of unbranched alkanes of at least 4 members (excludes halogenated alkanes) is 1. The monoisotopic (exact) mass is 845 g/mol. The van der Waals surface area contributed by atoms with Gasteiger partial charge in [-0.25, -0.2) is 4.79 Å². The van der Waals surface area contributed by atoms with Crippen LogP contribution in [0.3, 0.4) is 0 Å². The van der Waals surface area contributed by atoms with Gasteiger partial charge in [0.15, 0.2) is 0 Å². The molecule has 1 aliphatic rings. The molecule has 0 spiro atoms. The smallest absolute Gasteiger partial charge is 0.328 e. The third-order valence-corrected chi connectivity index (χ3v) is 12.3. The van der Waals surface area contributed by atoms with Crippen LogP contribution >= 0.6 is 0 Å². The van der Waals surface area contributed by atoms with Gasteiger partial charge in [-0.3, -0.25) is 24.1 Å². The number of carbonyl (C=O) groups is 5. The molecule has 14 heteroatoms. The van der Waals surface area contributed by atoms with Gasteiger partial charge < -0.3 is 39.5 Å². The Morgan fingerprint density at radius 2 is 1.47 bits per heavy atom. The summed E-state index contributed by atoms with van der Waals surface area (Å²) < 4.78 is 17.0.